The van der Waals surface area contributed by atoms with Gasteiger partial charge in [0.25, 0.3) is 0 Å². The lowest BCUT2D eigenvalue weighted by Crippen LogP contribution is -2.09. The minimum absolute atomic E-state index is 0.0133. The predicted octanol–water partition coefficient (Wildman–Crippen LogP) is 4.32. The van der Waals surface area contributed by atoms with Gasteiger partial charge in [-0.15, -0.1) is 0 Å². The number of aliphatic hydroxyl groups is 1. The molecule has 2 nitrogen and oxygen atoms in total. The quantitative estimate of drug-likeness (QED) is 0.891. The summed E-state index contributed by atoms with van der Waals surface area (Å²) >= 11 is 12.2. The maximum Gasteiger partial charge on any atom is 0.122 e. The fourth-order valence-electron chi connectivity index (χ4n) is 2.25. The van der Waals surface area contributed by atoms with Gasteiger partial charge in [-0.05, 0) is 41.8 Å². The second-order valence-corrected chi connectivity index (χ2v) is 5.40. The molecule has 0 saturated carbocycles. The Morgan fingerprint density at radius 1 is 1.15 bits per heavy atom. The Bertz CT molecular complexity index is 584. The van der Waals surface area contributed by atoms with Gasteiger partial charge in [0.15, 0.2) is 0 Å². The third-order valence-corrected chi connectivity index (χ3v) is 3.85. The van der Waals surface area contributed by atoms with Crippen LogP contribution >= 0.6 is 23.2 Å². The van der Waals surface area contributed by atoms with Crippen molar-refractivity contribution >= 4 is 23.2 Å². The zero-order valence-electron chi connectivity index (χ0n) is 11.1. The number of hydrogen-bond acceptors (Lipinski definition) is 2. The van der Waals surface area contributed by atoms with Crippen LogP contribution in [0.1, 0.15) is 17.0 Å². The summed E-state index contributed by atoms with van der Waals surface area (Å²) in [6, 6.07) is 13.0. The first-order valence-electron chi connectivity index (χ1n) is 6.33. The lowest BCUT2D eigenvalue weighted by Gasteiger charge is -2.18. The molecule has 1 unspecified atom stereocenters. The van der Waals surface area contributed by atoms with Crippen LogP contribution in [0.25, 0.3) is 0 Å². The van der Waals surface area contributed by atoms with E-state index in [0.29, 0.717) is 16.5 Å². The van der Waals surface area contributed by atoms with E-state index in [2.05, 4.69) is 0 Å². The average molecular weight is 311 g/mol. The van der Waals surface area contributed by atoms with E-state index in [1.165, 1.54) is 0 Å². The first-order chi connectivity index (χ1) is 9.65. The largest absolute Gasteiger partial charge is 0.496 e. The van der Waals surface area contributed by atoms with Gasteiger partial charge in [-0.2, -0.15) is 0 Å². The van der Waals surface area contributed by atoms with Crippen molar-refractivity contribution in [3.05, 3.63) is 63.6 Å². The van der Waals surface area contributed by atoms with Crippen molar-refractivity contribution in [3.8, 4) is 5.75 Å². The molecule has 0 aliphatic carbocycles. The second kappa shape index (κ2) is 6.98. The van der Waals surface area contributed by atoms with E-state index in [1.54, 1.807) is 13.2 Å². The van der Waals surface area contributed by atoms with E-state index in [-0.39, 0.29) is 12.5 Å². The van der Waals surface area contributed by atoms with Crippen LogP contribution in [0.4, 0.5) is 0 Å². The van der Waals surface area contributed by atoms with E-state index in [4.69, 9.17) is 27.9 Å². The summed E-state index contributed by atoms with van der Waals surface area (Å²) in [5.41, 5.74) is 1.89. The minimum atomic E-state index is -0.0870. The molecular formula is C16H16Cl2O2. The predicted molar refractivity (Wildman–Crippen MR) is 83.0 cm³/mol. The average Bonchev–Trinajstić information content (AvgIpc) is 2.46. The molecule has 1 atom stereocenters. The van der Waals surface area contributed by atoms with Gasteiger partial charge in [0.2, 0.25) is 0 Å². The number of halogens is 2. The van der Waals surface area contributed by atoms with Crippen LogP contribution in [-0.2, 0) is 6.42 Å². The molecule has 106 valence electrons. The number of aliphatic hydroxyl groups excluding tert-OH is 1. The summed E-state index contributed by atoms with van der Waals surface area (Å²) in [4.78, 5) is 0. The topological polar surface area (TPSA) is 29.5 Å². The fourth-order valence-corrected chi connectivity index (χ4v) is 2.74. The lowest BCUT2D eigenvalue weighted by molar-refractivity contribution is 0.263. The van der Waals surface area contributed by atoms with Crippen molar-refractivity contribution in [3.63, 3.8) is 0 Å². The van der Waals surface area contributed by atoms with Crippen LogP contribution in [0, 0.1) is 0 Å². The van der Waals surface area contributed by atoms with Crippen molar-refractivity contribution in [1.82, 2.24) is 0 Å². The number of hydrogen-bond donors (Lipinski definition) is 1. The Morgan fingerprint density at radius 3 is 2.55 bits per heavy atom. The molecule has 2 rings (SSSR count). The Kier molecular flexibility index (Phi) is 5.30. The third-order valence-electron chi connectivity index (χ3n) is 3.27. The Morgan fingerprint density at radius 2 is 1.90 bits per heavy atom. The molecule has 0 radical (unpaired) electrons. The molecule has 0 amide bonds. The van der Waals surface area contributed by atoms with Gasteiger partial charge in [0.1, 0.15) is 5.75 Å². The minimum Gasteiger partial charge on any atom is -0.496 e. The highest BCUT2D eigenvalue weighted by molar-refractivity contribution is 6.31. The molecule has 20 heavy (non-hydrogen) atoms. The van der Waals surface area contributed by atoms with Crippen LogP contribution in [0.5, 0.6) is 5.75 Å². The van der Waals surface area contributed by atoms with Crippen molar-refractivity contribution in [2.24, 2.45) is 0 Å². The number of methoxy groups -OCH3 is 1. The number of benzene rings is 2. The van der Waals surface area contributed by atoms with Crippen molar-refractivity contribution < 1.29 is 9.84 Å². The van der Waals surface area contributed by atoms with Gasteiger partial charge < -0.3 is 9.84 Å². The van der Waals surface area contributed by atoms with Crippen LogP contribution in [0.15, 0.2) is 42.5 Å². The fraction of sp³-hybridized carbons (Fsp3) is 0.250. The smallest absolute Gasteiger partial charge is 0.122 e. The number of rotatable bonds is 5. The van der Waals surface area contributed by atoms with Gasteiger partial charge in [-0.1, -0.05) is 41.4 Å². The highest BCUT2D eigenvalue weighted by atomic mass is 35.5. The molecule has 0 aliphatic heterocycles. The summed E-state index contributed by atoms with van der Waals surface area (Å²) < 4.78 is 5.34. The molecule has 0 spiro atoms. The lowest BCUT2D eigenvalue weighted by atomic mass is 9.92. The van der Waals surface area contributed by atoms with E-state index in [9.17, 15) is 5.11 Å². The molecule has 2 aromatic carbocycles. The molecule has 0 heterocycles. The second-order valence-electron chi connectivity index (χ2n) is 4.56. The third kappa shape index (κ3) is 3.45. The van der Waals surface area contributed by atoms with Crippen LogP contribution < -0.4 is 4.74 Å². The zero-order chi connectivity index (χ0) is 14.5. The van der Waals surface area contributed by atoms with Crippen LogP contribution in [0.3, 0.4) is 0 Å². The Hall–Kier alpha value is -1.22. The standard InChI is InChI=1S/C16H16Cl2O2/c1-20-16-7-6-13(17)9-11(16)8-12(10-19)14-4-2-3-5-15(14)18/h2-7,9,12,19H,8,10H2,1H3. The van der Waals surface area contributed by atoms with Crippen molar-refractivity contribution in [2.45, 2.75) is 12.3 Å². The van der Waals surface area contributed by atoms with E-state index in [1.807, 2.05) is 36.4 Å². The maximum absolute atomic E-state index is 9.67. The highest BCUT2D eigenvalue weighted by Gasteiger charge is 2.16. The maximum atomic E-state index is 9.67. The summed E-state index contributed by atoms with van der Waals surface area (Å²) in [6.45, 7) is 0.0133. The molecule has 0 bridgehead atoms. The van der Waals surface area contributed by atoms with Crippen LogP contribution in [-0.4, -0.2) is 18.8 Å². The van der Waals surface area contributed by atoms with Gasteiger partial charge in [0, 0.05) is 16.0 Å². The Balaban J connectivity index is 2.31. The summed E-state index contributed by atoms with van der Waals surface area (Å²) in [5.74, 6) is 0.677. The Labute approximate surface area is 128 Å². The van der Waals surface area contributed by atoms with Gasteiger partial charge in [0.05, 0.1) is 13.7 Å². The van der Waals surface area contributed by atoms with Crippen molar-refractivity contribution in [1.29, 1.82) is 0 Å². The monoisotopic (exact) mass is 310 g/mol. The van der Waals surface area contributed by atoms with E-state index in [0.717, 1.165) is 16.9 Å². The highest BCUT2D eigenvalue weighted by Crippen LogP contribution is 2.31. The van der Waals surface area contributed by atoms with Crippen molar-refractivity contribution in [2.75, 3.05) is 13.7 Å². The SMILES string of the molecule is COc1ccc(Cl)cc1CC(CO)c1ccccc1Cl. The normalized spacial score (nSPS) is 12.2. The molecule has 0 aliphatic rings. The van der Waals surface area contributed by atoms with Gasteiger partial charge >= 0.3 is 0 Å². The summed E-state index contributed by atoms with van der Waals surface area (Å²) in [5, 5.41) is 11.0. The van der Waals surface area contributed by atoms with Gasteiger partial charge in [-0.25, -0.2) is 0 Å². The first kappa shape index (κ1) is 15.2. The molecule has 0 saturated heterocycles. The van der Waals surface area contributed by atoms with E-state index >= 15 is 0 Å². The van der Waals surface area contributed by atoms with Gasteiger partial charge in [-0.3, -0.25) is 0 Å². The molecular weight excluding hydrogens is 295 g/mol. The molecule has 0 aromatic heterocycles. The first-order valence-corrected chi connectivity index (χ1v) is 7.09. The molecule has 4 heteroatoms. The number of ether oxygens (including phenoxy) is 1. The molecule has 0 fully saturated rings. The summed E-state index contributed by atoms with van der Waals surface area (Å²) in [6.07, 6.45) is 0.615. The van der Waals surface area contributed by atoms with Crippen LogP contribution in [0.2, 0.25) is 10.0 Å². The zero-order valence-corrected chi connectivity index (χ0v) is 12.7. The molecule has 2 aromatic rings. The molecule has 1 N–H and O–H groups in total. The summed E-state index contributed by atoms with van der Waals surface area (Å²) in [7, 11) is 1.62. The van der Waals surface area contributed by atoms with E-state index < -0.39 is 0 Å².